The zero-order chi connectivity index (χ0) is 10.5. The second kappa shape index (κ2) is 4.91. The van der Waals surface area contributed by atoms with Crippen molar-refractivity contribution in [3.63, 3.8) is 0 Å². The second-order valence-corrected chi connectivity index (χ2v) is 3.89. The molecule has 1 amide bonds. The van der Waals surface area contributed by atoms with Crippen LogP contribution in [-0.2, 0) is 11.3 Å². The first-order valence-electron chi connectivity index (χ1n) is 5.46. The number of hydrogen-bond acceptors (Lipinski definition) is 3. The molecule has 0 spiro atoms. The summed E-state index contributed by atoms with van der Waals surface area (Å²) in [5.74, 6) is 0.155. The minimum Gasteiger partial charge on any atom is -0.341 e. The van der Waals surface area contributed by atoms with Gasteiger partial charge in [0.25, 0.3) is 0 Å². The van der Waals surface area contributed by atoms with E-state index in [4.69, 9.17) is 0 Å². The number of nitrogens with zero attached hydrogens (tertiary/aromatic N) is 4. The van der Waals surface area contributed by atoms with Gasteiger partial charge in [-0.05, 0) is 12.8 Å². The average molecular weight is 208 g/mol. The van der Waals surface area contributed by atoms with Gasteiger partial charge < -0.3 is 4.90 Å². The Bertz CT molecular complexity index is 301. The standard InChI is InChI=1S/C10H16N4O/c15-10(7-14-9-11-8-12-14)13-5-3-1-2-4-6-13/h8-9H,1-7H2. The zero-order valence-electron chi connectivity index (χ0n) is 8.80. The van der Waals surface area contributed by atoms with Gasteiger partial charge in [0, 0.05) is 13.1 Å². The van der Waals surface area contributed by atoms with E-state index in [-0.39, 0.29) is 5.91 Å². The van der Waals surface area contributed by atoms with Crippen LogP contribution in [0, 0.1) is 0 Å². The Morgan fingerprint density at radius 1 is 1.20 bits per heavy atom. The van der Waals surface area contributed by atoms with Gasteiger partial charge in [-0.25, -0.2) is 9.67 Å². The van der Waals surface area contributed by atoms with Crippen LogP contribution in [0.25, 0.3) is 0 Å². The van der Waals surface area contributed by atoms with Crippen LogP contribution in [0.1, 0.15) is 25.7 Å². The molecule has 0 N–H and O–H groups in total. The number of hydrogen-bond donors (Lipinski definition) is 0. The molecule has 5 nitrogen and oxygen atoms in total. The van der Waals surface area contributed by atoms with Crippen LogP contribution in [0.3, 0.4) is 0 Å². The van der Waals surface area contributed by atoms with E-state index < -0.39 is 0 Å². The van der Waals surface area contributed by atoms with Crippen LogP contribution in [0.15, 0.2) is 12.7 Å². The molecule has 0 radical (unpaired) electrons. The smallest absolute Gasteiger partial charge is 0.244 e. The summed E-state index contributed by atoms with van der Waals surface area (Å²) >= 11 is 0. The van der Waals surface area contributed by atoms with Crippen LogP contribution in [-0.4, -0.2) is 38.7 Å². The Morgan fingerprint density at radius 2 is 1.93 bits per heavy atom. The Kier molecular flexibility index (Phi) is 3.32. The molecule has 15 heavy (non-hydrogen) atoms. The van der Waals surface area contributed by atoms with Crippen molar-refractivity contribution in [2.45, 2.75) is 32.2 Å². The molecule has 82 valence electrons. The second-order valence-electron chi connectivity index (χ2n) is 3.89. The third-order valence-electron chi connectivity index (χ3n) is 2.72. The normalized spacial score (nSPS) is 17.5. The third kappa shape index (κ3) is 2.78. The Balaban J connectivity index is 1.89. The Labute approximate surface area is 89.1 Å². The van der Waals surface area contributed by atoms with E-state index in [0.717, 1.165) is 25.9 Å². The topological polar surface area (TPSA) is 51.0 Å². The first kappa shape index (κ1) is 10.1. The molecular weight excluding hydrogens is 192 g/mol. The minimum atomic E-state index is 0.155. The number of carbonyl (C=O) groups is 1. The maximum atomic E-state index is 11.9. The molecule has 0 aliphatic carbocycles. The first-order chi connectivity index (χ1) is 7.36. The molecule has 0 aromatic carbocycles. The van der Waals surface area contributed by atoms with Crippen molar-refractivity contribution >= 4 is 5.91 Å². The fourth-order valence-corrected chi connectivity index (χ4v) is 1.87. The summed E-state index contributed by atoms with van der Waals surface area (Å²) in [4.78, 5) is 17.6. The highest BCUT2D eigenvalue weighted by Crippen LogP contribution is 2.09. The fraction of sp³-hybridized carbons (Fsp3) is 0.700. The lowest BCUT2D eigenvalue weighted by molar-refractivity contribution is -0.132. The summed E-state index contributed by atoms with van der Waals surface area (Å²) in [6.45, 7) is 2.11. The third-order valence-corrected chi connectivity index (χ3v) is 2.72. The van der Waals surface area contributed by atoms with Crippen LogP contribution in [0.4, 0.5) is 0 Å². The van der Waals surface area contributed by atoms with E-state index >= 15 is 0 Å². The van der Waals surface area contributed by atoms with Crippen molar-refractivity contribution in [2.75, 3.05) is 13.1 Å². The fourth-order valence-electron chi connectivity index (χ4n) is 1.87. The highest BCUT2D eigenvalue weighted by molar-refractivity contribution is 5.75. The lowest BCUT2D eigenvalue weighted by Gasteiger charge is -2.19. The SMILES string of the molecule is O=C(Cn1cncn1)N1CCCCCC1. The van der Waals surface area contributed by atoms with E-state index in [1.165, 1.54) is 19.2 Å². The van der Waals surface area contributed by atoms with Crippen molar-refractivity contribution < 1.29 is 4.79 Å². The molecule has 1 aliphatic rings. The van der Waals surface area contributed by atoms with Crippen LogP contribution < -0.4 is 0 Å². The van der Waals surface area contributed by atoms with Gasteiger partial charge in [-0.15, -0.1) is 0 Å². The lowest BCUT2D eigenvalue weighted by atomic mass is 10.2. The van der Waals surface area contributed by atoms with Gasteiger partial charge >= 0.3 is 0 Å². The molecule has 0 bridgehead atoms. The molecule has 1 aromatic rings. The summed E-state index contributed by atoms with van der Waals surface area (Å²) < 4.78 is 1.58. The van der Waals surface area contributed by atoms with E-state index in [9.17, 15) is 4.79 Å². The van der Waals surface area contributed by atoms with Gasteiger partial charge in [0.2, 0.25) is 5.91 Å². The predicted molar refractivity (Wildman–Crippen MR) is 55.1 cm³/mol. The molecular formula is C10H16N4O. The average Bonchev–Trinajstić information content (AvgIpc) is 2.58. The number of rotatable bonds is 2. The Morgan fingerprint density at radius 3 is 2.53 bits per heavy atom. The molecule has 2 rings (SSSR count). The Hall–Kier alpha value is -1.39. The molecule has 0 unspecified atom stereocenters. The van der Waals surface area contributed by atoms with Crippen LogP contribution in [0.2, 0.25) is 0 Å². The monoisotopic (exact) mass is 208 g/mol. The van der Waals surface area contributed by atoms with Gasteiger partial charge in [-0.1, -0.05) is 12.8 Å². The van der Waals surface area contributed by atoms with Crippen LogP contribution in [0.5, 0.6) is 0 Å². The van der Waals surface area contributed by atoms with Crippen molar-refractivity contribution in [2.24, 2.45) is 0 Å². The number of aromatic nitrogens is 3. The van der Waals surface area contributed by atoms with Gasteiger partial charge in [0.1, 0.15) is 19.2 Å². The molecule has 2 heterocycles. The molecule has 1 saturated heterocycles. The summed E-state index contributed by atoms with van der Waals surface area (Å²) in [7, 11) is 0. The summed E-state index contributed by atoms with van der Waals surface area (Å²) in [5.41, 5.74) is 0. The highest BCUT2D eigenvalue weighted by atomic mass is 16.2. The molecule has 0 atom stereocenters. The molecule has 1 fully saturated rings. The largest absolute Gasteiger partial charge is 0.341 e. The maximum Gasteiger partial charge on any atom is 0.244 e. The predicted octanol–water partition coefficient (Wildman–Crippen LogP) is 0.681. The van der Waals surface area contributed by atoms with E-state index in [1.54, 1.807) is 11.0 Å². The van der Waals surface area contributed by atoms with Crippen molar-refractivity contribution in [3.05, 3.63) is 12.7 Å². The van der Waals surface area contributed by atoms with Crippen molar-refractivity contribution in [3.8, 4) is 0 Å². The number of carbonyl (C=O) groups excluding carboxylic acids is 1. The molecule has 5 heteroatoms. The minimum absolute atomic E-state index is 0.155. The van der Waals surface area contributed by atoms with E-state index in [0.29, 0.717) is 6.54 Å². The quantitative estimate of drug-likeness (QED) is 0.718. The van der Waals surface area contributed by atoms with E-state index in [1.807, 2.05) is 4.90 Å². The lowest BCUT2D eigenvalue weighted by Crippen LogP contribution is -2.34. The molecule has 1 aromatic heterocycles. The maximum absolute atomic E-state index is 11.9. The number of amides is 1. The van der Waals surface area contributed by atoms with Crippen molar-refractivity contribution in [1.82, 2.24) is 19.7 Å². The molecule has 1 aliphatic heterocycles. The molecule has 0 saturated carbocycles. The van der Waals surface area contributed by atoms with Crippen molar-refractivity contribution in [1.29, 1.82) is 0 Å². The number of likely N-dealkylation sites (tertiary alicyclic amines) is 1. The van der Waals surface area contributed by atoms with Gasteiger partial charge in [-0.2, -0.15) is 5.10 Å². The van der Waals surface area contributed by atoms with Gasteiger partial charge in [0.05, 0.1) is 0 Å². The summed E-state index contributed by atoms with van der Waals surface area (Å²) in [6.07, 6.45) is 7.78. The van der Waals surface area contributed by atoms with E-state index in [2.05, 4.69) is 10.1 Å². The summed E-state index contributed by atoms with van der Waals surface area (Å²) in [6, 6.07) is 0. The highest BCUT2D eigenvalue weighted by Gasteiger charge is 2.15. The summed E-state index contributed by atoms with van der Waals surface area (Å²) in [5, 5.41) is 3.93. The van der Waals surface area contributed by atoms with Crippen LogP contribution >= 0.6 is 0 Å². The van der Waals surface area contributed by atoms with Gasteiger partial charge in [-0.3, -0.25) is 4.79 Å². The zero-order valence-corrected chi connectivity index (χ0v) is 8.80. The van der Waals surface area contributed by atoms with Gasteiger partial charge in [0.15, 0.2) is 0 Å². The first-order valence-corrected chi connectivity index (χ1v) is 5.46.